The van der Waals surface area contributed by atoms with E-state index in [1.54, 1.807) is 7.11 Å². The topological polar surface area (TPSA) is 47.9 Å². The Bertz CT molecular complexity index is 753. The van der Waals surface area contributed by atoms with Crippen molar-refractivity contribution in [2.45, 2.75) is 19.3 Å². The van der Waals surface area contributed by atoms with Crippen LogP contribution in [0.4, 0.5) is 4.39 Å². The van der Waals surface area contributed by atoms with Crippen molar-refractivity contribution in [2.75, 3.05) is 7.11 Å². The lowest BCUT2D eigenvalue weighted by Crippen LogP contribution is -2.13. The first kappa shape index (κ1) is 15.2. The summed E-state index contributed by atoms with van der Waals surface area (Å²) in [6.07, 6.45) is 2.63. The first-order valence-corrected chi connectivity index (χ1v) is 7.38. The van der Waals surface area contributed by atoms with Gasteiger partial charge in [-0.1, -0.05) is 5.16 Å². The molecule has 0 atom stereocenters. The van der Waals surface area contributed by atoms with Gasteiger partial charge >= 0.3 is 5.97 Å². The van der Waals surface area contributed by atoms with Crippen LogP contribution < -0.4 is 4.74 Å². The second kappa shape index (κ2) is 6.60. The molecule has 4 nitrogen and oxygen atoms in total. The molecule has 0 bridgehead atoms. The number of ether oxygens (including phenoxy) is 1. The van der Waals surface area contributed by atoms with Crippen molar-refractivity contribution in [3.05, 3.63) is 65.0 Å². The van der Waals surface area contributed by atoms with Gasteiger partial charge in [-0.3, -0.25) is 0 Å². The number of nitrogens with zero attached hydrogens (tertiary/aromatic N) is 1. The van der Waals surface area contributed by atoms with Crippen molar-refractivity contribution in [1.82, 2.24) is 0 Å². The van der Waals surface area contributed by atoms with Gasteiger partial charge in [-0.25, -0.2) is 9.18 Å². The molecule has 0 amide bonds. The molecule has 2 aromatic rings. The summed E-state index contributed by atoms with van der Waals surface area (Å²) >= 11 is 0. The van der Waals surface area contributed by atoms with E-state index in [4.69, 9.17) is 9.57 Å². The molecule has 0 N–H and O–H groups in total. The van der Waals surface area contributed by atoms with Crippen molar-refractivity contribution in [2.24, 2.45) is 5.16 Å². The SMILES string of the molecule is COc1ccc2c(c1)CCC/C2=N/OC(=O)c1ccc(F)cc1. The molecule has 0 saturated heterocycles. The molecule has 1 aliphatic carbocycles. The summed E-state index contributed by atoms with van der Waals surface area (Å²) in [6, 6.07) is 10.9. The summed E-state index contributed by atoms with van der Waals surface area (Å²) < 4.78 is 18.1. The number of hydrogen-bond donors (Lipinski definition) is 0. The van der Waals surface area contributed by atoms with Crippen LogP contribution in [0.3, 0.4) is 0 Å². The van der Waals surface area contributed by atoms with E-state index in [1.165, 1.54) is 24.3 Å². The van der Waals surface area contributed by atoms with Crippen molar-refractivity contribution < 1.29 is 18.8 Å². The fourth-order valence-electron chi connectivity index (χ4n) is 2.60. The minimum absolute atomic E-state index is 0.265. The summed E-state index contributed by atoms with van der Waals surface area (Å²) in [5, 5.41) is 4.01. The summed E-state index contributed by atoms with van der Waals surface area (Å²) in [5.74, 6) is -0.200. The molecular weight excluding hydrogens is 297 g/mol. The Labute approximate surface area is 133 Å². The van der Waals surface area contributed by atoms with Crippen LogP contribution in [0.15, 0.2) is 47.6 Å². The predicted octanol–water partition coefficient (Wildman–Crippen LogP) is 3.73. The summed E-state index contributed by atoms with van der Waals surface area (Å²) in [4.78, 5) is 17.0. The second-order valence-corrected chi connectivity index (χ2v) is 5.30. The van der Waals surface area contributed by atoms with E-state index < -0.39 is 11.8 Å². The molecule has 0 unspecified atom stereocenters. The van der Waals surface area contributed by atoms with E-state index in [9.17, 15) is 9.18 Å². The van der Waals surface area contributed by atoms with Crippen LogP contribution in [-0.4, -0.2) is 18.8 Å². The highest BCUT2D eigenvalue weighted by Gasteiger charge is 2.17. The maximum atomic E-state index is 12.9. The van der Waals surface area contributed by atoms with Crippen LogP contribution >= 0.6 is 0 Å². The van der Waals surface area contributed by atoms with Crippen LogP contribution in [-0.2, 0) is 11.3 Å². The van der Waals surface area contributed by atoms with Crippen molar-refractivity contribution in [1.29, 1.82) is 0 Å². The van der Waals surface area contributed by atoms with E-state index in [-0.39, 0.29) is 5.56 Å². The third-order valence-electron chi connectivity index (χ3n) is 3.80. The third kappa shape index (κ3) is 3.39. The average Bonchev–Trinajstić information content (AvgIpc) is 2.59. The highest BCUT2D eigenvalue weighted by Crippen LogP contribution is 2.26. The number of hydrogen-bond acceptors (Lipinski definition) is 4. The van der Waals surface area contributed by atoms with Gasteiger partial charge in [-0.15, -0.1) is 0 Å². The molecule has 118 valence electrons. The van der Waals surface area contributed by atoms with E-state index in [1.807, 2.05) is 18.2 Å². The largest absolute Gasteiger partial charge is 0.497 e. The van der Waals surface area contributed by atoms with Crippen LogP contribution in [0.25, 0.3) is 0 Å². The van der Waals surface area contributed by atoms with Crippen molar-refractivity contribution >= 4 is 11.7 Å². The molecule has 1 aliphatic rings. The Hall–Kier alpha value is -2.69. The van der Waals surface area contributed by atoms with Gasteiger partial charge in [0.2, 0.25) is 0 Å². The number of benzene rings is 2. The van der Waals surface area contributed by atoms with Crippen LogP contribution in [0.5, 0.6) is 5.75 Å². The van der Waals surface area contributed by atoms with Crippen LogP contribution in [0.2, 0.25) is 0 Å². The average molecular weight is 313 g/mol. The molecule has 23 heavy (non-hydrogen) atoms. The van der Waals surface area contributed by atoms with Crippen molar-refractivity contribution in [3.8, 4) is 5.75 Å². The number of rotatable bonds is 3. The van der Waals surface area contributed by atoms with Gasteiger partial charge in [0.05, 0.1) is 18.4 Å². The van der Waals surface area contributed by atoms with Crippen LogP contribution in [0.1, 0.15) is 34.3 Å². The second-order valence-electron chi connectivity index (χ2n) is 5.30. The number of oxime groups is 1. The predicted molar refractivity (Wildman–Crippen MR) is 84.3 cm³/mol. The van der Waals surface area contributed by atoms with E-state index in [2.05, 4.69) is 5.16 Å². The molecule has 0 aromatic heterocycles. The monoisotopic (exact) mass is 313 g/mol. The molecule has 5 heteroatoms. The summed E-state index contributed by atoms with van der Waals surface area (Å²) in [5.41, 5.74) is 3.11. The molecule has 0 radical (unpaired) electrons. The number of fused-ring (bicyclic) bond motifs is 1. The third-order valence-corrected chi connectivity index (χ3v) is 3.80. The molecule has 0 fully saturated rings. The normalized spacial score (nSPS) is 15.1. The number of methoxy groups -OCH3 is 1. The molecule has 0 heterocycles. The zero-order valence-corrected chi connectivity index (χ0v) is 12.7. The fourth-order valence-corrected chi connectivity index (χ4v) is 2.60. The van der Waals surface area contributed by atoms with Crippen LogP contribution in [0, 0.1) is 5.82 Å². The molecule has 2 aromatic carbocycles. The number of carbonyl (C=O) groups excluding carboxylic acids is 1. The minimum atomic E-state index is -0.599. The highest BCUT2D eigenvalue weighted by molar-refractivity contribution is 6.03. The first-order chi connectivity index (χ1) is 11.2. The Morgan fingerprint density at radius 1 is 1.13 bits per heavy atom. The fraction of sp³-hybridized carbons (Fsp3) is 0.222. The Kier molecular flexibility index (Phi) is 4.37. The van der Waals surface area contributed by atoms with Gasteiger partial charge in [0.15, 0.2) is 0 Å². The van der Waals surface area contributed by atoms with Gasteiger partial charge in [-0.05, 0) is 67.3 Å². The standard InChI is InChI=1S/C18H16FNO3/c1-22-15-9-10-16-13(11-15)3-2-4-17(16)20-23-18(21)12-5-7-14(19)8-6-12/h5-11H,2-4H2,1H3/b20-17-. The number of aryl methyl sites for hydroxylation is 1. The molecule has 0 spiro atoms. The van der Waals surface area contributed by atoms with Gasteiger partial charge in [0.25, 0.3) is 0 Å². The maximum Gasteiger partial charge on any atom is 0.365 e. The lowest BCUT2D eigenvalue weighted by atomic mass is 9.90. The highest BCUT2D eigenvalue weighted by atomic mass is 19.1. The lowest BCUT2D eigenvalue weighted by Gasteiger charge is -2.17. The number of carbonyl (C=O) groups is 1. The minimum Gasteiger partial charge on any atom is -0.497 e. The molecule has 3 rings (SSSR count). The lowest BCUT2D eigenvalue weighted by molar-refractivity contribution is 0.0515. The molecule has 0 saturated carbocycles. The quantitative estimate of drug-likeness (QED) is 0.641. The molecule has 0 aliphatic heterocycles. The van der Waals surface area contributed by atoms with Gasteiger partial charge < -0.3 is 9.57 Å². The smallest absolute Gasteiger partial charge is 0.365 e. The van der Waals surface area contributed by atoms with Gasteiger partial charge in [0, 0.05) is 5.56 Å². The first-order valence-electron chi connectivity index (χ1n) is 7.38. The summed E-state index contributed by atoms with van der Waals surface area (Å²) in [7, 11) is 1.63. The Morgan fingerprint density at radius 2 is 1.91 bits per heavy atom. The van der Waals surface area contributed by atoms with Gasteiger partial charge in [0.1, 0.15) is 11.6 Å². The van der Waals surface area contributed by atoms with Gasteiger partial charge in [-0.2, -0.15) is 0 Å². The summed E-state index contributed by atoms with van der Waals surface area (Å²) in [6.45, 7) is 0. The Balaban J connectivity index is 1.79. The van der Waals surface area contributed by atoms with E-state index in [0.29, 0.717) is 0 Å². The van der Waals surface area contributed by atoms with E-state index in [0.717, 1.165) is 41.9 Å². The Morgan fingerprint density at radius 3 is 2.65 bits per heavy atom. The van der Waals surface area contributed by atoms with Crippen molar-refractivity contribution in [3.63, 3.8) is 0 Å². The maximum absolute atomic E-state index is 12.9. The zero-order valence-electron chi connectivity index (χ0n) is 12.7. The molecular formula is C18H16FNO3. The number of halogens is 1. The zero-order chi connectivity index (χ0) is 16.2. The van der Waals surface area contributed by atoms with E-state index >= 15 is 0 Å².